The summed E-state index contributed by atoms with van der Waals surface area (Å²) in [6.45, 7) is 0.824. The van der Waals surface area contributed by atoms with Crippen molar-refractivity contribution in [3.8, 4) is 5.75 Å². The fourth-order valence-electron chi connectivity index (χ4n) is 4.44. The van der Waals surface area contributed by atoms with Gasteiger partial charge in [0.15, 0.2) is 0 Å². The molecule has 1 aromatic heterocycles. The lowest BCUT2D eigenvalue weighted by Crippen LogP contribution is -2.44. The van der Waals surface area contributed by atoms with E-state index in [-0.39, 0.29) is 18.0 Å². The summed E-state index contributed by atoms with van der Waals surface area (Å²) in [4.78, 5) is 16.7. The van der Waals surface area contributed by atoms with Gasteiger partial charge in [0.25, 0.3) is 0 Å². The van der Waals surface area contributed by atoms with Gasteiger partial charge in [0.2, 0.25) is 5.91 Å². The van der Waals surface area contributed by atoms with Crippen molar-refractivity contribution in [2.75, 3.05) is 20.7 Å². The number of carbonyl (C=O) groups is 1. The van der Waals surface area contributed by atoms with Crippen LogP contribution < -0.4 is 10.1 Å². The molecule has 1 amide bonds. The molecule has 1 aliphatic heterocycles. The summed E-state index contributed by atoms with van der Waals surface area (Å²) in [6.07, 6.45) is 2.73. The number of rotatable bonds is 7. The zero-order valence-corrected chi connectivity index (χ0v) is 19.4. The highest BCUT2D eigenvalue weighted by molar-refractivity contribution is 7.16. The maximum Gasteiger partial charge on any atom is 0.241 e. The zero-order chi connectivity index (χ0) is 21.8. The molecule has 1 N–H and O–H groups in total. The summed E-state index contributed by atoms with van der Waals surface area (Å²) in [6, 6.07) is 20.2. The first-order chi connectivity index (χ1) is 15.1. The van der Waals surface area contributed by atoms with Crippen LogP contribution in [0.25, 0.3) is 0 Å². The number of carbonyl (C=O) groups excluding carboxylic acids is 1. The van der Waals surface area contributed by atoms with E-state index in [1.807, 2.05) is 42.5 Å². The van der Waals surface area contributed by atoms with Crippen molar-refractivity contribution in [3.63, 3.8) is 0 Å². The van der Waals surface area contributed by atoms with Crippen molar-refractivity contribution in [1.29, 1.82) is 0 Å². The average molecular weight is 455 g/mol. The first-order valence-electron chi connectivity index (χ1n) is 10.5. The van der Waals surface area contributed by atoms with Gasteiger partial charge in [-0.25, -0.2) is 0 Å². The van der Waals surface area contributed by atoms with Crippen molar-refractivity contribution in [2.45, 2.75) is 31.3 Å². The summed E-state index contributed by atoms with van der Waals surface area (Å²) < 4.78 is 6.10. The van der Waals surface area contributed by atoms with Gasteiger partial charge in [0, 0.05) is 24.5 Å². The molecule has 0 aliphatic carbocycles. The van der Waals surface area contributed by atoms with Crippen LogP contribution in [0.4, 0.5) is 0 Å². The van der Waals surface area contributed by atoms with E-state index in [0.717, 1.165) is 41.5 Å². The molecule has 4 nitrogen and oxygen atoms in total. The van der Waals surface area contributed by atoms with Gasteiger partial charge in [-0.05, 0) is 54.2 Å². The first-order valence-corrected chi connectivity index (χ1v) is 11.7. The summed E-state index contributed by atoms with van der Waals surface area (Å²) in [5.74, 6) is 0.879. The summed E-state index contributed by atoms with van der Waals surface area (Å²) in [7, 11) is 3.39. The van der Waals surface area contributed by atoms with Gasteiger partial charge >= 0.3 is 0 Å². The number of methoxy groups -OCH3 is 1. The first kappa shape index (κ1) is 21.9. The molecule has 2 aromatic carbocycles. The van der Waals surface area contributed by atoms with Crippen LogP contribution in [-0.2, 0) is 17.6 Å². The number of halogens is 1. The lowest BCUT2D eigenvalue weighted by atomic mass is 9.90. The maximum absolute atomic E-state index is 13.0. The molecular formula is C25H27ClN2O2S. The third kappa shape index (κ3) is 4.79. The Morgan fingerprint density at radius 3 is 2.65 bits per heavy atom. The largest absolute Gasteiger partial charge is 0.497 e. The number of likely N-dealkylation sites (N-methyl/N-ethyl adjacent to an activating group) is 1. The van der Waals surface area contributed by atoms with Crippen LogP contribution in [-0.4, -0.2) is 31.5 Å². The molecule has 0 fully saturated rings. The van der Waals surface area contributed by atoms with E-state index >= 15 is 0 Å². The van der Waals surface area contributed by atoms with Gasteiger partial charge in [-0.2, -0.15) is 0 Å². The monoisotopic (exact) mass is 454 g/mol. The summed E-state index contributed by atoms with van der Waals surface area (Å²) in [5.41, 5.74) is 3.53. The Labute approximate surface area is 192 Å². The summed E-state index contributed by atoms with van der Waals surface area (Å²) >= 11 is 8.07. The second-order valence-electron chi connectivity index (χ2n) is 7.75. The lowest BCUT2D eigenvalue weighted by Gasteiger charge is -2.40. The number of thiophene rings is 1. The topological polar surface area (TPSA) is 41.6 Å². The fourth-order valence-corrected chi connectivity index (χ4v) is 5.77. The quantitative estimate of drug-likeness (QED) is 0.517. The van der Waals surface area contributed by atoms with Gasteiger partial charge < -0.3 is 10.1 Å². The molecule has 0 saturated heterocycles. The van der Waals surface area contributed by atoms with Gasteiger partial charge in [0.05, 0.1) is 11.4 Å². The number of benzene rings is 2. The molecular weight excluding hydrogens is 428 g/mol. The molecule has 0 spiro atoms. The third-order valence-corrected chi connectivity index (χ3v) is 7.31. The molecule has 31 heavy (non-hydrogen) atoms. The van der Waals surface area contributed by atoms with Crippen molar-refractivity contribution in [2.24, 2.45) is 0 Å². The van der Waals surface area contributed by atoms with Crippen LogP contribution >= 0.6 is 22.9 Å². The van der Waals surface area contributed by atoms with Crippen LogP contribution in [0.2, 0.25) is 4.34 Å². The minimum Gasteiger partial charge on any atom is -0.497 e. The number of nitrogens with one attached hydrogen (secondary N) is 1. The average Bonchev–Trinajstić information content (AvgIpc) is 3.19. The predicted molar refractivity (Wildman–Crippen MR) is 127 cm³/mol. The number of aryl methyl sites for hydroxylation is 1. The molecule has 6 heteroatoms. The molecule has 0 radical (unpaired) electrons. The lowest BCUT2D eigenvalue weighted by molar-refractivity contribution is -0.127. The highest BCUT2D eigenvalue weighted by atomic mass is 35.5. The predicted octanol–water partition coefficient (Wildman–Crippen LogP) is 5.43. The number of hydrogen-bond donors (Lipinski definition) is 1. The molecule has 3 aromatic rings. The Kier molecular flexibility index (Phi) is 6.96. The molecule has 162 valence electrons. The summed E-state index contributed by atoms with van der Waals surface area (Å²) in [5, 5.41) is 2.88. The van der Waals surface area contributed by atoms with Crippen LogP contribution in [0.3, 0.4) is 0 Å². The van der Waals surface area contributed by atoms with Crippen molar-refractivity contribution in [3.05, 3.63) is 86.6 Å². The third-order valence-electron chi connectivity index (χ3n) is 5.98. The minimum absolute atomic E-state index is 0.0189. The molecule has 0 bridgehead atoms. The van der Waals surface area contributed by atoms with Gasteiger partial charge in [-0.15, -0.1) is 11.3 Å². The number of amides is 1. The number of hydrogen-bond acceptors (Lipinski definition) is 4. The Hall–Kier alpha value is -2.34. The van der Waals surface area contributed by atoms with Crippen molar-refractivity contribution in [1.82, 2.24) is 10.2 Å². The minimum atomic E-state index is -0.334. The second kappa shape index (κ2) is 9.86. The Bertz CT molecular complexity index is 1020. The smallest absolute Gasteiger partial charge is 0.241 e. The number of fused-ring (bicyclic) bond motifs is 1. The van der Waals surface area contributed by atoms with E-state index in [4.69, 9.17) is 16.3 Å². The highest BCUT2D eigenvalue weighted by Crippen LogP contribution is 2.43. The van der Waals surface area contributed by atoms with E-state index in [9.17, 15) is 4.79 Å². The molecule has 2 atom stereocenters. The van der Waals surface area contributed by atoms with Crippen LogP contribution in [0.15, 0.2) is 60.7 Å². The fraction of sp³-hybridized carbons (Fsp3) is 0.320. The van der Waals surface area contributed by atoms with E-state index < -0.39 is 0 Å². The SMILES string of the molecule is CNC(=O)C(c1ccccc1)N1CCc2sc(Cl)cc2C1CCc1ccc(OC)cc1. The van der Waals surface area contributed by atoms with Crippen molar-refractivity contribution < 1.29 is 9.53 Å². The standard InChI is InChI=1S/C25H27ClN2O2S/c1-27-25(29)24(18-6-4-3-5-7-18)28-15-14-22-20(16-23(26)31-22)21(28)13-10-17-8-11-19(30-2)12-9-17/h3-9,11-12,16,21,24H,10,13-15H2,1-2H3,(H,27,29). The van der Waals surface area contributed by atoms with Gasteiger partial charge in [0.1, 0.15) is 11.8 Å². The molecule has 0 saturated carbocycles. The van der Waals surface area contributed by atoms with Gasteiger partial charge in [-0.1, -0.05) is 54.1 Å². The number of nitrogens with zero attached hydrogens (tertiary/aromatic N) is 1. The Balaban J connectivity index is 1.66. The van der Waals surface area contributed by atoms with Crippen molar-refractivity contribution >= 4 is 28.8 Å². The van der Waals surface area contributed by atoms with Gasteiger partial charge in [-0.3, -0.25) is 9.69 Å². The maximum atomic E-state index is 13.0. The van der Waals surface area contributed by atoms with E-state index in [0.29, 0.717) is 0 Å². The van der Waals surface area contributed by atoms with E-state index in [2.05, 4.69) is 28.4 Å². The number of ether oxygens (including phenoxy) is 1. The van der Waals surface area contributed by atoms with E-state index in [1.54, 1.807) is 25.5 Å². The molecule has 1 aliphatic rings. The zero-order valence-electron chi connectivity index (χ0n) is 17.8. The molecule has 4 rings (SSSR count). The molecule has 2 unspecified atom stereocenters. The van der Waals surface area contributed by atoms with Crippen LogP contribution in [0, 0.1) is 0 Å². The Morgan fingerprint density at radius 1 is 1.23 bits per heavy atom. The highest BCUT2D eigenvalue weighted by Gasteiger charge is 2.37. The van der Waals surface area contributed by atoms with Crippen LogP contribution in [0.1, 0.15) is 40.1 Å². The molecule has 2 heterocycles. The normalized spacial score (nSPS) is 17.1. The second-order valence-corrected chi connectivity index (χ2v) is 9.51. The Morgan fingerprint density at radius 2 is 1.97 bits per heavy atom. The van der Waals surface area contributed by atoms with Crippen LogP contribution in [0.5, 0.6) is 5.75 Å². The van der Waals surface area contributed by atoms with E-state index in [1.165, 1.54) is 16.0 Å².